The van der Waals surface area contributed by atoms with Gasteiger partial charge < -0.3 is 10.4 Å². The van der Waals surface area contributed by atoms with Crippen LogP contribution in [0.2, 0.25) is 0 Å². The van der Waals surface area contributed by atoms with E-state index in [0.29, 0.717) is 18.7 Å². The van der Waals surface area contributed by atoms with Crippen molar-refractivity contribution in [3.63, 3.8) is 0 Å². The fraction of sp³-hybridized carbons (Fsp3) is 0.692. The molecule has 0 fully saturated rings. The number of nitrogens with one attached hydrogen (secondary N) is 2. The monoisotopic (exact) mass is 253 g/mol. The number of amides is 1. The Hall–Kier alpha value is -1.36. The molecule has 5 heteroatoms. The highest BCUT2D eigenvalue weighted by Crippen LogP contribution is 2.18. The Kier molecular flexibility index (Phi) is 5.34. The molecule has 0 radical (unpaired) electrons. The maximum absolute atomic E-state index is 11.9. The van der Waals surface area contributed by atoms with E-state index in [1.54, 1.807) is 6.07 Å². The summed E-state index contributed by atoms with van der Waals surface area (Å²) >= 11 is 0. The molecule has 0 spiro atoms. The highest BCUT2D eigenvalue weighted by atomic mass is 16.3. The van der Waals surface area contributed by atoms with Gasteiger partial charge in [-0.3, -0.25) is 9.89 Å². The van der Waals surface area contributed by atoms with Gasteiger partial charge in [-0.25, -0.2) is 0 Å². The minimum atomic E-state index is -0.167. The van der Waals surface area contributed by atoms with Crippen molar-refractivity contribution in [2.24, 2.45) is 5.41 Å². The van der Waals surface area contributed by atoms with Gasteiger partial charge in [0, 0.05) is 18.8 Å². The molecule has 3 N–H and O–H groups in total. The summed E-state index contributed by atoms with van der Waals surface area (Å²) < 4.78 is 0. The second-order valence-corrected chi connectivity index (χ2v) is 5.35. The van der Waals surface area contributed by atoms with Gasteiger partial charge in [0.25, 0.3) is 5.91 Å². The van der Waals surface area contributed by atoms with Crippen molar-refractivity contribution < 1.29 is 9.90 Å². The van der Waals surface area contributed by atoms with Crippen LogP contribution in [0.4, 0.5) is 0 Å². The molecule has 0 saturated heterocycles. The Morgan fingerprint density at radius 3 is 2.89 bits per heavy atom. The van der Waals surface area contributed by atoms with Gasteiger partial charge in [-0.15, -0.1) is 0 Å². The lowest BCUT2D eigenvalue weighted by atomic mass is 9.90. The van der Waals surface area contributed by atoms with Gasteiger partial charge in [0.1, 0.15) is 5.69 Å². The number of aliphatic hydroxyl groups is 1. The van der Waals surface area contributed by atoms with E-state index < -0.39 is 0 Å². The maximum Gasteiger partial charge on any atom is 0.271 e. The van der Waals surface area contributed by atoms with Gasteiger partial charge in [-0.2, -0.15) is 5.10 Å². The summed E-state index contributed by atoms with van der Waals surface area (Å²) in [5.74, 6) is -0.167. The molecule has 0 aliphatic rings. The molecule has 0 aliphatic carbocycles. The van der Waals surface area contributed by atoms with E-state index in [4.69, 9.17) is 5.11 Å². The third-order valence-electron chi connectivity index (χ3n) is 2.90. The van der Waals surface area contributed by atoms with Crippen molar-refractivity contribution in [3.05, 3.63) is 17.5 Å². The van der Waals surface area contributed by atoms with E-state index >= 15 is 0 Å². The van der Waals surface area contributed by atoms with Gasteiger partial charge in [-0.1, -0.05) is 27.2 Å². The fourth-order valence-electron chi connectivity index (χ4n) is 1.68. The van der Waals surface area contributed by atoms with Crippen molar-refractivity contribution in [2.75, 3.05) is 13.2 Å². The number of rotatable bonds is 7. The van der Waals surface area contributed by atoms with Crippen LogP contribution in [0.5, 0.6) is 0 Å². The van der Waals surface area contributed by atoms with E-state index in [2.05, 4.69) is 22.4 Å². The second kappa shape index (κ2) is 6.54. The second-order valence-electron chi connectivity index (χ2n) is 5.35. The molecule has 102 valence electrons. The van der Waals surface area contributed by atoms with E-state index in [1.807, 2.05) is 13.8 Å². The number of H-pyrrole nitrogens is 1. The minimum absolute atomic E-state index is 0.104. The molecular formula is C13H23N3O2. The number of aromatic amines is 1. The summed E-state index contributed by atoms with van der Waals surface area (Å²) in [7, 11) is 0. The average Bonchev–Trinajstić information content (AvgIpc) is 2.75. The third-order valence-corrected chi connectivity index (χ3v) is 2.90. The molecule has 1 amide bonds. The predicted octanol–water partition coefficient (Wildman–Crippen LogP) is 1.50. The molecular weight excluding hydrogens is 230 g/mol. The zero-order valence-electron chi connectivity index (χ0n) is 11.4. The lowest BCUT2D eigenvalue weighted by molar-refractivity contribution is 0.0923. The first kappa shape index (κ1) is 14.7. The van der Waals surface area contributed by atoms with Crippen LogP contribution in [0.25, 0.3) is 0 Å². The lowest BCUT2D eigenvalue weighted by Crippen LogP contribution is -2.34. The number of carbonyl (C=O) groups excluding carboxylic acids is 1. The number of carbonyl (C=O) groups is 1. The van der Waals surface area contributed by atoms with Crippen molar-refractivity contribution in [3.8, 4) is 0 Å². The quantitative estimate of drug-likeness (QED) is 0.689. The Morgan fingerprint density at radius 1 is 1.56 bits per heavy atom. The molecule has 0 atom stereocenters. The number of aliphatic hydroxyl groups excluding tert-OH is 1. The Morgan fingerprint density at radius 2 is 2.28 bits per heavy atom. The van der Waals surface area contributed by atoms with Crippen LogP contribution in [-0.2, 0) is 6.42 Å². The zero-order valence-corrected chi connectivity index (χ0v) is 11.4. The summed E-state index contributed by atoms with van der Waals surface area (Å²) in [6.07, 6.45) is 2.58. The van der Waals surface area contributed by atoms with Gasteiger partial charge in [0.05, 0.1) is 0 Å². The lowest BCUT2D eigenvalue weighted by Gasteiger charge is -2.23. The van der Waals surface area contributed by atoms with E-state index in [1.165, 1.54) is 0 Å². The van der Waals surface area contributed by atoms with Gasteiger partial charge in [0.2, 0.25) is 0 Å². The van der Waals surface area contributed by atoms with Crippen molar-refractivity contribution in [1.82, 2.24) is 15.5 Å². The van der Waals surface area contributed by atoms with Crippen LogP contribution >= 0.6 is 0 Å². The zero-order chi connectivity index (χ0) is 13.6. The highest BCUT2D eigenvalue weighted by molar-refractivity contribution is 5.92. The third kappa shape index (κ3) is 4.49. The van der Waals surface area contributed by atoms with Crippen LogP contribution in [-0.4, -0.2) is 34.4 Å². The first-order valence-corrected chi connectivity index (χ1v) is 6.42. The predicted molar refractivity (Wildman–Crippen MR) is 70.4 cm³/mol. The summed E-state index contributed by atoms with van der Waals surface area (Å²) in [4.78, 5) is 11.9. The summed E-state index contributed by atoms with van der Waals surface area (Å²) in [6, 6.07) is 1.79. The van der Waals surface area contributed by atoms with Crippen LogP contribution in [0, 0.1) is 5.41 Å². The Balaban J connectivity index is 2.49. The van der Waals surface area contributed by atoms with Gasteiger partial charge >= 0.3 is 0 Å². The number of hydrogen-bond donors (Lipinski definition) is 3. The number of aromatic nitrogens is 2. The maximum atomic E-state index is 11.9. The molecule has 0 saturated carbocycles. The number of aryl methyl sites for hydroxylation is 1. The molecule has 1 heterocycles. The molecule has 5 nitrogen and oxygen atoms in total. The molecule has 18 heavy (non-hydrogen) atoms. The summed E-state index contributed by atoms with van der Waals surface area (Å²) in [5, 5.41) is 18.6. The number of nitrogens with zero attached hydrogens (tertiary/aromatic N) is 1. The van der Waals surface area contributed by atoms with Crippen molar-refractivity contribution in [2.45, 2.75) is 40.0 Å². The minimum Gasteiger partial charge on any atom is -0.396 e. The van der Waals surface area contributed by atoms with Crippen LogP contribution in [0.15, 0.2) is 6.07 Å². The highest BCUT2D eigenvalue weighted by Gasteiger charge is 2.19. The van der Waals surface area contributed by atoms with E-state index in [-0.39, 0.29) is 17.9 Å². The molecule has 0 aromatic carbocycles. The first-order chi connectivity index (χ1) is 8.48. The van der Waals surface area contributed by atoms with Crippen LogP contribution < -0.4 is 5.32 Å². The first-order valence-electron chi connectivity index (χ1n) is 6.42. The summed E-state index contributed by atoms with van der Waals surface area (Å²) in [6.45, 7) is 6.76. The standard InChI is InChI=1S/C13H23N3O2/c1-4-5-10-8-11(16-15-10)12(18)14-9-13(2,3)6-7-17/h8,17H,4-7,9H2,1-3H3,(H,14,18)(H,15,16). The van der Waals surface area contributed by atoms with E-state index in [9.17, 15) is 4.79 Å². The molecule has 1 aromatic rings. The van der Waals surface area contributed by atoms with Crippen LogP contribution in [0.3, 0.4) is 0 Å². The molecule has 1 aromatic heterocycles. The smallest absolute Gasteiger partial charge is 0.271 e. The molecule has 1 rings (SSSR count). The SMILES string of the molecule is CCCc1cc(C(=O)NCC(C)(C)CCO)n[nH]1. The van der Waals surface area contributed by atoms with Gasteiger partial charge in [0.15, 0.2) is 0 Å². The number of hydrogen-bond acceptors (Lipinski definition) is 3. The van der Waals surface area contributed by atoms with Crippen molar-refractivity contribution in [1.29, 1.82) is 0 Å². The largest absolute Gasteiger partial charge is 0.396 e. The Labute approximate surface area is 108 Å². The van der Waals surface area contributed by atoms with Crippen molar-refractivity contribution >= 4 is 5.91 Å². The van der Waals surface area contributed by atoms with Crippen LogP contribution in [0.1, 0.15) is 49.8 Å². The molecule has 0 aliphatic heterocycles. The fourth-order valence-corrected chi connectivity index (χ4v) is 1.68. The molecule has 0 bridgehead atoms. The average molecular weight is 253 g/mol. The van der Waals surface area contributed by atoms with Gasteiger partial charge in [-0.05, 0) is 24.3 Å². The molecule has 0 unspecified atom stereocenters. The van der Waals surface area contributed by atoms with E-state index in [0.717, 1.165) is 18.5 Å². The normalized spacial score (nSPS) is 11.6. The summed E-state index contributed by atoms with van der Waals surface area (Å²) in [5.41, 5.74) is 1.31. The topological polar surface area (TPSA) is 78.0 Å². The Bertz CT molecular complexity index is 385.